The van der Waals surface area contributed by atoms with Crippen molar-refractivity contribution >= 4 is 0 Å². The zero-order chi connectivity index (χ0) is 12.8. The van der Waals surface area contributed by atoms with Crippen LogP contribution in [0.2, 0.25) is 0 Å². The van der Waals surface area contributed by atoms with E-state index in [1.165, 1.54) is 24.0 Å². The number of hydrogen-bond donors (Lipinski definition) is 2. The first kappa shape index (κ1) is 12.2. The molecule has 2 aliphatic carbocycles. The van der Waals surface area contributed by atoms with Crippen LogP contribution >= 0.6 is 0 Å². The highest BCUT2D eigenvalue weighted by Crippen LogP contribution is 2.55. The minimum atomic E-state index is -0.569. The Morgan fingerprint density at radius 1 is 1.28 bits per heavy atom. The molecule has 0 amide bonds. The minimum absolute atomic E-state index is 0.132. The van der Waals surface area contributed by atoms with Crippen molar-refractivity contribution in [2.75, 3.05) is 6.54 Å². The van der Waals surface area contributed by atoms with Crippen molar-refractivity contribution in [3.63, 3.8) is 0 Å². The minimum Gasteiger partial charge on any atom is -0.389 e. The molecule has 18 heavy (non-hydrogen) atoms. The van der Waals surface area contributed by atoms with Crippen molar-refractivity contribution in [2.45, 2.75) is 44.6 Å². The first-order valence-corrected chi connectivity index (χ1v) is 7.14. The maximum atomic E-state index is 11.2. The molecule has 2 aliphatic rings. The van der Waals surface area contributed by atoms with Crippen molar-refractivity contribution in [3.8, 4) is 0 Å². The van der Waals surface area contributed by atoms with Crippen LogP contribution in [0, 0.1) is 11.3 Å². The van der Waals surface area contributed by atoms with Gasteiger partial charge in [0.25, 0.3) is 0 Å². The molecule has 0 radical (unpaired) electrons. The summed E-state index contributed by atoms with van der Waals surface area (Å²) < 4.78 is 0. The maximum Gasteiger partial charge on any atom is 0.0747 e. The SMILES string of the molecule is CCC(O)(C1CC1)C1(CN)Cc2ccccc2C1. The van der Waals surface area contributed by atoms with Crippen molar-refractivity contribution in [1.29, 1.82) is 0 Å². The van der Waals surface area contributed by atoms with E-state index in [1.807, 2.05) is 0 Å². The normalized spacial score (nSPS) is 24.6. The standard InChI is InChI=1S/C16H23NO/c1-2-16(18,14-7-8-14)15(11-17)9-12-5-3-4-6-13(12)10-15/h3-6,14,18H,2,7-11,17H2,1H3. The lowest BCUT2D eigenvalue weighted by Gasteiger charge is -2.45. The van der Waals surface area contributed by atoms with Crippen molar-refractivity contribution in [3.05, 3.63) is 35.4 Å². The molecule has 2 nitrogen and oxygen atoms in total. The number of aliphatic hydroxyl groups is 1. The lowest BCUT2D eigenvalue weighted by Crippen LogP contribution is -2.54. The van der Waals surface area contributed by atoms with Crippen LogP contribution in [0.5, 0.6) is 0 Å². The summed E-state index contributed by atoms with van der Waals surface area (Å²) in [4.78, 5) is 0. The first-order chi connectivity index (χ1) is 8.65. The van der Waals surface area contributed by atoms with E-state index < -0.39 is 5.60 Å². The molecule has 1 atom stereocenters. The van der Waals surface area contributed by atoms with Gasteiger partial charge in [-0.1, -0.05) is 31.2 Å². The molecule has 98 valence electrons. The number of nitrogens with two attached hydrogens (primary N) is 1. The van der Waals surface area contributed by atoms with E-state index >= 15 is 0 Å². The molecule has 0 bridgehead atoms. The van der Waals surface area contributed by atoms with E-state index in [0.29, 0.717) is 12.5 Å². The second-order valence-electron chi connectivity index (χ2n) is 6.16. The Morgan fingerprint density at radius 2 is 1.83 bits per heavy atom. The van der Waals surface area contributed by atoms with Gasteiger partial charge in [0.15, 0.2) is 0 Å². The summed E-state index contributed by atoms with van der Waals surface area (Å²) in [6.45, 7) is 2.70. The first-order valence-electron chi connectivity index (χ1n) is 7.14. The fourth-order valence-electron chi connectivity index (χ4n) is 3.98. The fourth-order valence-corrected chi connectivity index (χ4v) is 3.98. The zero-order valence-electron chi connectivity index (χ0n) is 11.2. The summed E-state index contributed by atoms with van der Waals surface area (Å²) in [6.07, 6.45) is 5.05. The molecule has 1 aromatic rings. The van der Waals surface area contributed by atoms with Crippen molar-refractivity contribution in [1.82, 2.24) is 0 Å². The summed E-state index contributed by atoms with van der Waals surface area (Å²) in [7, 11) is 0. The van der Waals surface area contributed by atoms with Gasteiger partial charge in [0.1, 0.15) is 0 Å². The van der Waals surface area contributed by atoms with Gasteiger partial charge < -0.3 is 10.8 Å². The van der Waals surface area contributed by atoms with Crippen LogP contribution in [-0.4, -0.2) is 17.3 Å². The van der Waals surface area contributed by atoms with Crippen LogP contribution in [0.15, 0.2) is 24.3 Å². The molecule has 2 heteroatoms. The highest BCUT2D eigenvalue weighted by atomic mass is 16.3. The molecule has 3 rings (SSSR count). The summed E-state index contributed by atoms with van der Waals surface area (Å²) in [5.41, 5.74) is 8.18. The number of hydrogen-bond acceptors (Lipinski definition) is 2. The third-order valence-corrected chi connectivity index (χ3v) is 5.28. The van der Waals surface area contributed by atoms with E-state index in [4.69, 9.17) is 5.73 Å². The molecule has 3 N–H and O–H groups in total. The maximum absolute atomic E-state index is 11.2. The van der Waals surface area contributed by atoms with Crippen molar-refractivity contribution in [2.24, 2.45) is 17.1 Å². The lowest BCUT2D eigenvalue weighted by molar-refractivity contribution is -0.0973. The Bertz CT molecular complexity index is 427. The third kappa shape index (κ3) is 1.55. The van der Waals surface area contributed by atoms with Gasteiger partial charge in [-0.15, -0.1) is 0 Å². The van der Waals surface area contributed by atoms with Crippen LogP contribution in [0.1, 0.15) is 37.3 Å². The summed E-state index contributed by atoms with van der Waals surface area (Å²) in [5, 5.41) is 11.2. The van der Waals surface area contributed by atoms with Gasteiger partial charge >= 0.3 is 0 Å². The summed E-state index contributed by atoms with van der Waals surface area (Å²) in [5.74, 6) is 0.473. The predicted octanol–water partition coefficient (Wildman–Crippen LogP) is 2.28. The van der Waals surface area contributed by atoms with E-state index in [-0.39, 0.29) is 5.41 Å². The van der Waals surface area contributed by atoms with Crippen molar-refractivity contribution < 1.29 is 5.11 Å². The smallest absolute Gasteiger partial charge is 0.0747 e. The molecule has 1 aromatic carbocycles. The second kappa shape index (κ2) is 4.07. The molecular formula is C16H23NO. The number of fused-ring (bicyclic) bond motifs is 1. The van der Waals surface area contributed by atoms with Gasteiger partial charge in [-0.3, -0.25) is 0 Å². The van der Waals surface area contributed by atoms with E-state index in [2.05, 4.69) is 31.2 Å². The molecule has 0 heterocycles. The summed E-state index contributed by atoms with van der Waals surface area (Å²) in [6, 6.07) is 8.56. The number of rotatable bonds is 4. The van der Waals surface area contributed by atoms with E-state index in [9.17, 15) is 5.11 Å². The Labute approximate surface area is 109 Å². The average Bonchev–Trinajstić information content (AvgIpc) is 3.18. The van der Waals surface area contributed by atoms with Crippen LogP contribution in [0.3, 0.4) is 0 Å². The predicted molar refractivity (Wildman–Crippen MR) is 73.3 cm³/mol. The largest absolute Gasteiger partial charge is 0.389 e. The molecule has 1 fully saturated rings. The zero-order valence-corrected chi connectivity index (χ0v) is 11.2. The van der Waals surface area contributed by atoms with Crippen LogP contribution in [0.4, 0.5) is 0 Å². The monoisotopic (exact) mass is 245 g/mol. The van der Waals surface area contributed by atoms with Gasteiger partial charge in [-0.25, -0.2) is 0 Å². The Balaban J connectivity index is 1.98. The van der Waals surface area contributed by atoms with Gasteiger partial charge in [0.05, 0.1) is 5.60 Å². The molecule has 0 spiro atoms. The molecule has 0 saturated heterocycles. The topological polar surface area (TPSA) is 46.2 Å². The third-order valence-electron chi connectivity index (χ3n) is 5.28. The Kier molecular flexibility index (Phi) is 2.76. The number of benzene rings is 1. The second-order valence-corrected chi connectivity index (χ2v) is 6.16. The fraction of sp³-hybridized carbons (Fsp3) is 0.625. The van der Waals surface area contributed by atoms with Gasteiger partial charge in [0, 0.05) is 12.0 Å². The Morgan fingerprint density at radius 3 is 2.22 bits per heavy atom. The van der Waals surface area contributed by atoms with Crippen LogP contribution < -0.4 is 5.73 Å². The Hall–Kier alpha value is -0.860. The summed E-state index contributed by atoms with van der Waals surface area (Å²) >= 11 is 0. The molecular weight excluding hydrogens is 222 g/mol. The highest BCUT2D eigenvalue weighted by molar-refractivity contribution is 5.36. The van der Waals surface area contributed by atoms with E-state index in [1.54, 1.807) is 0 Å². The highest BCUT2D eigenvalue weighted by Gasteiger charge is 2.57. The van der Waals surface area contributed by atoms with Gasteiger partial charge in [0.2, 0.25) is 0 Å². The molecule has 0 aromatic heterocycles. The lowest BCUT2D eigenvalue weighted by atomic mass is 9.65. The average molecular weight is 245 g/mol. The van der Waals surface area contributed by atoms with Crippen LogP contribution in [-0.2, 0) is 12.8 Å². The molecule has 1 unspecified atom stereocenters. The quantitative estimate of drug-likeness (QED) is 0.855. The van der Waals surface area contributed by atoms with E-state index in [0.717, 1.165) is 19.3 Å². The van der Waals surface area contributed by atoms with Crippen LogP contribution in [0.25, 0.3) is 0 Å². The molecule has 1 saturated carbocycles. The van der Waals surface area contributed by atoms with Gasteiger partial charge in [-0.2, -0.15) is 0 Å². The van der Waals surface area contributed by atoms with Gasteiger partial charge in [-0.05, 0) is 49.1 Å². The molecule has 0 aliphatic heterocycles.